The molecule has 1 aliphatic heterocycles. The standard InChI is InChI=1S/C17H34N4O3.2ClH/c1-5-20(6-2)9-10-24-14-7-8-21(12-14)15(22)11-19-17(23)16(18)13(3)4;;/h13-14,16H,5-12,18H2,1-4H3,(H,19,23);2*1H/t14?,16-;;/m0../s1. The molecule has 1 saturated heterocycles. The van der Waals surface area contributed by atoms with Crippen molar-refractivity contribution < 1.29 is 14.3 Å². The van der Waals surface area contributed by atoms with Crippen LogP contribution >= 0.6 is 24.8 Å². The second-order valence-electron chi connectivity index (χ2n) is 6.64. The molecule has 26 heavy (non-hydrogen) atoms. The summed E-state index contributed by atoms with van der Waals surface area (Å²) >= 11 is 0. The topological polar surface area (TPSA) is 87.9 Å². The minimum atomic E-state index is -0.576. The average Bonchev–Trinajstić information content (AvgIpc) is 3.04. The van der Waals surface area contributed by atoms with Crippen molar-refractivity contribution in [2.75, 3.05) is 45.9 Å². The summed E-state index contributed by atoms with van der Waals surface area (Å²) in [4.78, 5) is 28.0. The molecule has 9 heteroatoms. The molecule has 0 radical (unpaired) electrons. The van der Waals surface area contributed by atoms with Gasteiger partial charge in [-0.05, 0) is 25.4 Å². The van der Waals surface area contributed by atoms with E-state index < -0.39 is 6.04 Å². The molecule has 156 valence electrons. The van der Waals surface area contributed by atoms with Crippen LogP contribution in [0.15, 0.2) is 0 Å². The Balaban J connectivity index is 0. The summed E-state index contributed by atoms with van der Waals surface area (Å²) in [5, 5.41) is 2.63. The average molecular weight is 415 g/mol. The van der Waals surface area contributed by atoms with Gasteiger partial charge in [0.15, 0.2) is 0 Å². The minimum absolute atomic E-state index is 0. The number of hydrogen-bond acceptors (Lipinski definition) is 5. The Labute approximate surface area is 170 Å². The quantitative estimate of drug-likeness (QED) is 0.553. The van der Waals surface area contributed by atoms with E-state index in [-0.39, 0.29) is 55.2 Å². The van der Waals surface area contributed by atoms with Crippen LogP contribution in [0.25, 0.3) is 0 Å². The largest absolute Gasteiger partial charge is 0.375 e. The first-order valence-corrected chi connectivity index (χ1v) is 9.04. The highest BCUT2D eigenvalue weighted by atomic mass is 35.5. The number of nitrogens with two attached hydrogens (primary N) is 1. The van der Waals surface area contributed by atoms with E-state index in [1.807, 2.05) is 13.8 Å². The van der Waals surface area contributed by atoms with E-state index in [9.17, 15) is 9.59 Å². The van der Waals surface area contributed by atoms with Gasteiger partial charge in [0.25, 0.3) is 0 Å². The van der Waals surface area contributed by atoms with Crippen molar-refractivity contribution in [2.24, 2.45) is 11.7 Å². The van der Waals surface area contributed by atoms with E-state index >= 15 is 0 Å². The van der Waals surface area contributed by atoms with Crippen LogP contribution in [0.4, 0.5) is 0 Å². The van der Waals surface area contributed by atoms with E-state index in [4.69, 9.17) is 10.5 Å². The van der Waals surface area contributed by atoms with Crippen molar-refractivity contribution in [2.45, 2.75) is 46.3 Å². The van der Waals surface area contributed by atoms with E-state index in [0.29, 0.717) is 19.7 Å². The first-order valence-electron chi connectivity index (χ1n) is 9.04. The van der Waals surface area contributed by atoms with Crippen molar-refractivity contribution in [3.8, 4) is 0 Å². The molecule has 0 bridgehead atoms. The molecule has 1 rings (SSSR count). The van der Waals surface area contributed by atoms with Crippen molar-refractivity contribution >= 4 is 36.6 Å². The molecular weight excluding hydrogens is 379 g/mol. The summed E-state index contributed by atoms with van der Waals surface area (Å²) in [6.45, 7) is 13.0. The lowest BCUT2D eigenvalue weighted by Crippen LogP contribution is -2.47. The maximum atomic E-state index is 12.2. The van der Waals surface area contributed by atoms with Crippen LogP contribution in [-0.4, -0.2) is 79.6 Å². The summed E-state index contributed by atoms with van der Waals surface area (Å²) in [5.41, 5.74) is 5.76. The third-order valence-corrected chi connectivity index (χ3v) is 4.59. The monoisotopic (exact) mass is 414 g/mol. The Kier molecular flexibility index (Phi) is 15.4. The van der Waals surface area contributed by atoms with Crippen LogP contribution in [0, 0.1) is 5.92 Å². The number of likely N-dealkylation sites (tertiary alicyclic amines) is 1. The lowest BCUT2D eigenvalue weighted by Gasteiger charge is -2.20. The summed E-state index contributed by atoms with van der Waals surface area (Å²) < 4.78 is 5.87. The fourth-order valence-corrected chi connectivity index (χ4v) is 2.67. The predicted molar refractivity (Wildman–Crippen MR) is 109 cm³/mol. The fourth-order valence-electron chi connectivity index (χ4n) is 2.67. The van der Waals surface area contributed by atoms with Crippen molar-refractivity contribution in [1.29, 1.82) is 0 Å². The third kappa shape index (κ3) is 9.37. The van der Waals surface area contributed by atoms with Crippen LogP contribution in [-0.2, 0) is 14.3 Å². The summed E-state index contributed by atoms with van der Waals surface area (Å²) in [6.07, 6.45) is 0.946. The number of amides is 2. The van der Waals surface area contributed by atoms with Gasteiger partial charge < -0.3 is 25.6 Å². The zero-order chi connectivity index (χ0) is 18.1. The van der Waals surface area contributed by atoms with Gasteiger partial charge in [-0.25, -0.2) is 0 Å². The van der Waals surface area contributed by atoms with Gasteiger partial charge in [0.1, 0.15) is 0 Å². The van der Waals surface area contributed by atoms with Gasteiger partial charge >= 0.3 is 0 Å². The van der Waals surface area contributed by atoms with Crippen molar-refractivity contribution in [1.82, 2.24) is 15.1 Å². The zero-order valence-corrected chi connectivity index (χ0v) is 18.0. The van der Waals surface area contributed by atoms with Crippen LogP contribution in [0.5, 0.6) is 0 Å². The van der Waals surface area contributed by atoms with Gasteiger partial charge in [-0.15, -0.1) is 24.8 Å². The molecule has 0 aromatic heterocycles. The van der Waals surface area contributed by atoms with Crippen LogP contribution in [0.1, 0.15) is 34.1 Å². The first kappa shape index (κ1) is 27.6. The van der Waals surface area contributed by atoms with Crippen LogP contribution < -0.4 is 11.1 Å². The van der Waals surface area contributed by atoms with E-state index in [0.717, 1.165) is 26.1 Å². The molecule has 3 N–H and O–H groups in total. The van der Waals surface area contributed by atoms with Crippen molar-refractivity contribution in [3.05, 3.63) is 0 Å². The minimum Gasteiger partial charge on any atom is -0.375 e. The summed E-state index contributed by atoms with van der Waals surface area (Å²) in [7, 11) is 0. The zero-order valence-electron chi connectivity index (χ0n) is 16.4. The Morgan fingerprint density at radius 1 is 1.27 bits per heavy atom. The number of carbonyl (C=O) groups is 2. The molecule has 1 unspecified atom stereocenters. The number of likely N-dealkylation sites (N-methyl/N-ethyl adjacent to an activating group) is 1. The molecule has 0 aliphatic carbocycles. The Morgan fingerprint density at radius 2 is 1.88 bits per heavy atom. The van der Waals surface area contributed by atoms with E-state index in [1.165, 1.54) is 0 Å². The van der Waals surface area contributed by atoms with Gasteiger partial charge in [-0.3, -0.25) is 9.59 Å². The molecular formula is C17H36Cl2N4O3. The Morgan fingerprint density at radius 3 is 2.42 bits per heavy atom. The number of ether oxygens (including phenoxy) is 1. The van der Waals surface area contributed by atoms with Gasteiger partial charge in [-0.2, -0.15) is 0 Å². The van der Waals surface area contributed by atoms with E-state index in [1.54, 1.807) is 4.90 Å². The molecule has 1 fully saturated rings. The predicted octanol–water partition coefficient (Wildman–Crippen LogP) is 0.889. The van der Waals surface area contributed by atoms with Gasteiger partial charge in [0, 0.05) is 19.6 Å². The number of nitrogens with one attached hydrogen (secondary N) is 1. The lowest BCUT2D eigenvalue weighted by molar-refractivity contribution is -0.133. The number of rotatable bonds is 10. The highest BCUT2D eigenvalue weighted by molar-refractivity contribution is 5.87. The summed E-state index contributed by atoms with van der Waals surface area (Å²) in [5.74, 6) is -0.297. The molecule has 2 atom stereocenters. The highest BCUT2D eigenvalue weighted by Gasteiger charge is 2.27. The second kappa shape index (κ2) is 14.5. The molecule has 7 nitrogen and oxygen atoms in total. The molecule has 0 spiro atoms. The van der Waals surface area contributed by atoms with Crippen LogP contribution in [0.3, 0.4) is 0 Å². The number of hydrogen-bond donors (Lipinski definition) is 2. The molecule has 0 saturated carbocycles. The van der Waals surface area contributed by atoms with Gasteiger partial charge in [0.2, 0.25) is 11.8 Å². The number of carbonyl (C=O) groups excluding carboxylic acids is 2. The third-order valence-electron chi connectivity index (χ3n) is 4.59. The smallest absolute Gasteiger partial charge is 0.242 e. The van der Waals surface area contributed by atoms with Gasteiger partial charge in [-0.1, -0.05) is 27.7 Å². The fraction of sp³-hybridized carbons (Fsp3) is 0.882. The summed E-state index contributed by atoms with van der Waals surface area (Å²) in [6, 6.07) is -0.576. The molecule has 1 heterocycles. The number of halogens is 2. The Hall–Kier alpha value is -0.600. The first-order chi connectivity index (χ1) is 11.4. The number of nitrogens with zero attached hydrogens (tertiary/aromatic N) is 2. The SMILES string of the molecule is CCN(CC)CCOC1CCN(C(=O)CNC(=O)[C@@H](N)C(C)C)C1.Cl.Cl. The molecule has 1 aliphatic rings. The lowest BCUT2D eigenvalue weighted by atomic mass is 10.1. The molecule has 0 aromatic carbocycles. The normalized spacial score (nSPS) is 17.7. The van der Waals surface area contributed by atoms with Crippen LogP contribution in [0.2, 0.25) is 0 Å². The molecule has 0 aromatic rings. The maximum Gasteiger partial charge on any atom is 0.242 e. The van der Waals surface area contributed by atoms with Crippen molar-refractivity contribution in [3.63, 3.8) is 0 Å². The molecule has 2 amide bonds. The van der Waals surface area contributed by atoms with E-state index in [2.05, 4.69) is 24.1 Å². The maximum absolute atomic E-state index is 12.2. The van der Waals surface area contributed by atoms with Gasteiger partial charge in [0.05, 0.1) is 25.3 Å². The second-order valence-corrected chi connectivity index (χ2v) is 6.64. The highest BCUT2D eigenvalue weighted by Crippen LogP contribution is 2.12. The Bertz CT molecular complexity index is 409.